The molecule has 72 valence electrons. The Morgan fingerprint density at radius 3 is 2.93 bits per heavy atom. The average molecular weight is 191 g/mol. The third kappa shape index (κ3) is 1.35. The zero-order valence-electron chi connectivity index (χ0n) is 7.90. The molecular weight excluding hydrogens is 182 g/mol. The Morgan fingerprint density at radius 1 is 1.43 bits per heavy atom. The Morgan fingerprint density at radius 2 is 2.21 bits per heavy atom. The number of aryl methyl sites for hydroxylation is 1. The number of fused-ring (bicyclic) bond motifs is 1. The van der Waals surface area contributed by atoms with Crippen LogP contribution in [0.5, 0.6) is 5.75 Å². The molecule has 0 atom stereocenters. The van der Waals surface area contributed by atoms with E-state index in [1.807, 2.05) is 0 Å². The van der Waals surface area contributed by atoms with Gasteiger partial charge in [-0.1, -0.05) is 0 Å². The van der Waals surface area contributed by atoms with Crippen LogP contribution in [0.4, 0.5) is 0 Å². The molecule has 0 amide bonds. The molecule has 0 aliphatic carbocycles. The van der Waals surface area contributed by atoms with Crippen LogP contribution in [-0.2, 0) is 0 Å². The SMILES string of the molecule is COc1ccc2oc(=O)nc(C)c2c1. The monoisotopic (exact) mass is 191 g/mol. The molecule has 0 aliphatic rings. The van der Waals surface area contributed by atoms with E-state index >= 15 is 0 Å². The van der Waals surface area contributed by atoms with Gasteiger partial charge >= 0.3 is 5.76 Å². The van der Waals surface area contributed by atoms with Gasteiger partial charge in [0, 0.05) is 5.39 Å². The zero-order chi connectivity index (χ0) is 10.1. The van der Waals surface area contributed by atoms with Crippen molar-refractivity contribution in [2.24, 2.45) is 0 Å². The first kappa shape index (κ1) is 8.74. The summed E-state index contributed by atoms with van der Waals surface area (Å²) < 4.78 is 9.98. The third-order valence-corrected chi connectivity index (χ3v) is 2.03. The number of rotatable bonds is 1. The molecule has 0 spiro atoms. The normalized spacial score (nSPS) is 10.4. The first-order chi connectivity index (χ1) is 6.70. The van der Waals surface area contributed by atoms with Gasteiger partial charge < -0.3 is 9.15 Å². The lowest BCUT2D eigenvalue weighted by Crippen LogP contribution is -2.05. The van der Waals surface area contributed by atoms with Gasteiger partial charge in [0.15, 0.2) is 0 Å². The second-order valence-corrected chi connectivity index (χ2v) is 2.93. The Kier molecular flexibility index (Phi) is 1.96. The van der Waals surface area contributed by atoms with Gasteiger partial charge in [0.1, 0.15) is 11.3 Å². The maximum absolute atomic E-state index is 10.9. The summed E-state index contributed by atoms with van der Waals surface area (Å²) in [7, 11) is 1.59. The molecule has 0 saturated heterocycles. The summed E-state index contributed by atoms with van der Waals surface area (Å²) in [4.78, 5) is 14.6. The second-order valence-electron chi connectivity index (χ2n) is 2.93. The highest BCUT2D eigenvalue weighted by Gasteiger charge is 2.03. The van der Waals surface area contributed by atoms with E-state index in [2.05, 4.69) is 4.98 Å². The molecule has 0 saturated carbocycles. The lowest BCUT2D eigenvalue weighted by Gasteiger charge is -2.02. The molecule has 0 fully saturated rings. The van der Waals surface area contributed by atoms with E-state index in [1.54, 1.807) is 32.2 Å². The number of hydrogen-bond acceptors (Lipinski definition) is 4. The fourth-order valence-electron chi connectivity index (χ4n) is 1.32. The first-order valence-corrected chi connectivity index (χ1v) is 4.16. The molecule has 14 heavy (non-hydrogen) atoms. The quantitative estimate of drug-likeness (QED) is 0.685. The predicted molar refractivity (Wildman–Crippen MR) is 51.6 cm³/mol. The minimum Gasteiger partial charge on any atom is -0.497 e. The van der Waals surface area contributed by atoms with E-state index in [-0.39, 0.29) is 0 Å². The van der Waals surface area contributed by atoms with E-state index in [0.29, 0.717) is 11.3 Å². The number of ether oxygens (including phenoxy) is 1. The Labute approximate surface area is 80.1 Å². The van der Waals surface area contributed by atoms with Crippen molar-refractivity contribution in [3.05, 3.63) is 34.4 Å². The van der Waals surface area contributed by atoms with E-state index < -0.39 is 5.76 Å². The smallest absolute Gasteiger partial charge is 0.439 e. The maximum Gasteiger partial charge on any atom is 0.439 e. The molecule has 4 heteroatoms. The molecule has 1 heterocycles. The van der Waals surface area contributed by atoms with Gasteiger partial charge in [-0.2, -0.15) is 4.98 Å². The fraction of sp³-hybridized carbons (Fsp3) is 0.200. The van der Waals surface area contributed by atoms with Gasteiger partial charge in [-0.05, 0) is 25.1 Å². The van der Waals surface area contributed by atoms with Crippen LogP contribution < -0.4 is 10.5 Å². The van der Waals surface area contributed by atoms with Crippen LogP contribution in [-0.4, -0.2) is 12.1 Å². The summed E-state index contributed by atoms with van der Waals surface area (Å²) >= 11 is 0. The van der Waals surface area contributed by atoms with Crippen LogP contribution in [0.3, 0.4) is 0 Å². The van der Waals surface area contributed by atoms with Crippen molar-refractivity contribution in [2.75, 3.05) is 7.11 Å². The van der Waals surface area contributed by atoms with Crippen molar-refractivity contribution in [3.63, 3.8) is 0 Å². The minimum atomic E-state index is -0.569. The first-order valence-electron chi connectivity index (χ1n) is 4.16. The van der Waals surface area contributed by atoms with Crippen molar-refractivity contribution >= 4 is 11.0 Å². The summed E-state index contributed by atoms with van der Waals surface area (Å²) in [5, 5.41) is 0.795. The highest BCUT2D eigenvalue weighted by molar-refractivity contribution is 5.80. The van der Waals surface area contributed by atoms with Crippen molar-refractivity contribution < 1.29 is 9.15 Å². The molecule has 0 radical (unpaired) electrons. The third-order valence-electron chi connectivity index (χ3n) is 2.03. The molecule has 1 aromatic heterocycles. The van der Waals surface area contributed by atoms with Crippen molar-refractivity contribution in [1.29, 1.82) is 0 Å². The number of hydrogen-bond donors (Lipinski definition) is 0. The van der Waals surface area contributed by atoms with E-state index in [0.717, 1.165) is 11.1 Å². The van der Waals surface area contributed by atoms with Crippen LogP contribution in [0.2, 0.25) is 0 Å². The summed E-state index contributed by atoms with van der Waals surface area (Å²) in [5.74, 6) is 0.149. The van der Waals surface area contributed by atoms with Gasteiger partial charge in [-0.3, -0.25) is 0 Å². The molecule has 2 aromatic rings. The number of aromatic nitrogens is 1. The second kappa shape index (κ2) is 3.14. The Balaban J connectivity index is 2.82. The molecule has 2 rings (SSSR count). The van der Waals surface area contributed by atoms with E-state index in [9.17, 15) is 4.79 Å². The highest BCUT2D eigenvalue weighted by atomic mass is 16.5. The lowest BCUT2D eigenvalue weighted by atomic mass is 10.2. The summed E-state index contributed by atoms with van der Waals surface area (Å²) in [6, 6.07) is 5.23. The Hall–Kier alpha value is -1.84. The average Bonchev–Trinajstić information content (AvgIpc) is 2.17. The maximum atomic E-state index is 10.9. The van der Waals surface area contributed by atoms with Gasteiger partial charge in [0.2, 0.25) is 0 Å². The highest BCUT2D eigenvalue weighted by Crippen LogP contribution is 2.20. The predicted octanol–water partition coefficient (Wildman–Crippen LogP) is 1.51. The van der Waals surface area contributed by atoms with Crippen LogP contribution in [0.25, 0.3) is 11.0 Å². The number of methoxy groups -OCH3 is 1. The standard InChI is InChI=1S/C10H9NO3/c1-6-8-5-7(13-2)3-4-9(8)14-10(12)11-6/h3-5H,1-2H3. The van der Waals surface area contributed by atoms with Crippen LogP contribution in [0.15, 0.2) is 27.4 Å². The molecule has 0 aliphatic heterocycles. The molecule has 0 unspecified atom stereocenters. The number of benzene rings is 1. The molecule has 0 N–H and O–H groups in total. The van der Waals surface area contributed by atoms with Crippen LogP contribution in [0, 0.1) is 6.92 Å². The van der Waals surface area contributed by atoms with Gasteiger partial charge in [0.25, 0.3) is 0 Å². The van der Waals surface area contributed by atoms with Gasteiger partial charge in [-0.15, -0.1) is 0 Å². The summed E-state index contributed by atoms with van der Waals surface area (Å²) in [5.41, 5.74) is 1.18. The molecule has 1 aromatic carbocycles. The largest absolute Gasteiger partial charge is 0.497 e. The summed E-state index contributed by atoms with van der Waals surface area (Å²) in [6.45, 7) is 1.76. The number of nitrogens with zero attached hydrogens (tertiary/aromatic N) is 1. The lowest BCUT2D eigenvalue weighted by molar-refractivity contribution is 0.415. The van der Waals surface area contributed by atoms with Crippen molar-refractivity contribution in [2.45, 2.75) is 6.92 Å². The van der Waals surface area contributed by atoms with Gasteiger partial charge in [-0.25, -0.2) is 4.79 Å². The van der Waals surface area contributed by atoms with Gasteiger partial charge in [0.05, 0.1) is 12.8 Å². The molecular formula is C10H9NO3. The van der Waals surface area contributed by atoms with E-state index in [4.69, 9.17) is 9.15 Å². The topological polar surface area (TPSA) is 52.3 Å². The van der Waals surface area contributed by atoms with Crippen molar-refractivity contribution in [3.8, 4) is 5.75 Å². The fourth-order valence-corrected chi connectivity index (χ4v) is 1.32. The zero-order valence-corrected chi connectivity index (χ0v) is 7.90. The van der Waals surface area contributed by atoms with Crippen LogP contribution in [0.1, 0.15) is 5.69 Å². The Bertz CT molecular complexity index is 530. The minimum absolute atomic E-state index is 0.531. The van der Waals surface area contributed by atoms with E-state index in [1.165, 1.54) is 0 Å². The summed E-state index contributed by atoms with van der Waals surface area (Å²) in [6.07, 6.45) is 0. The van der Waals surface area contributed by atoms with Crippen LogP contribution >= 0.6 is 0 Å². The molecule has 4 nitrogen and oxygen atoms in total. The van der Waals surface area contributed by atoms with Crippen molar-refractivity contribution in [1.82, 2.24) is 4.98 Å². The molecule has 0 bridgehead atoms.